The fourth-order valence-corrected chi connectivity index (χ4v) is 3.57. The molecule has 2 heterocycles. The van der Waals surface area contributed by atoms with Crippen molar-refractivity contribution < 1.29 is 19.1 Å². The largest absolute Gasteiger partial charge is 0.444 e. The van der Waals surface area contributed by atoms with Crippen molar-refractivity contribution in [1.82, 2.24) is 19.6 Å². The van der Waals surface area contributed by atoms with E-state index in [1.165, 1.54) is 0 Å². The summed E-state index contributed by atoms with van der Waals surface area (Å²) in [6.45, 7) is 6.24. The van der Waals surface area contributed by atoms with Crippen molar-refractivity contribution in [2.45, 2.75) is 38.5 Å². The number of rotatable bonds is 4. The van der Waals surface area contributed by atoms with Crippen molar-refractivity contribution in [3.8, 4) is 11.1 Å². The Labute approximate surface area is 177 Å². The quantitative estimate of drug-likeness (QED) is 0.769. The van der Waals surface area contributed by atoms with Gasteiger partial charge in [-0.1, -0.05) is 12.1 Å². The van der Waals surface area contributed by atoms with Crippen molar-refractivity contribution in [2.75, 3.05) is 27.2 Å². The molecule has 2 atom stereocenters. The molecule has 0 spiro atoms. The van der Waals surface area contributed by atoms with E-state index in [-0.39, 0.29) is 18.1 Å². The first-order valence-electron chi connectivity index (χ1n) is 9.96. The number of hydrogen-bond acceptors (Lipinski definition) is 5. The smallest absolute Gasteiger partial charge is 0.410 e. The molecule has 0 N–H and O–H groups in total. The molecule has 3 rings (SSSR count). The third-order valence-electron chi connectivity index (χ3n) is 5.18. The number of carbonyl (C=O) groups excluding carboxylic acids is 2. The van der Waals surface area contributed by atoms with Crippen LogP contribution in [0.5, 0.6) is 0 Å². The van der Waals surface area contributed by atoms with Gasteiger partial charge in [0.05, 0.1) is 24.9 Å². The number of aromatic nitrogens is 2. The number of carbonyl (C=O) groups is 2. The minimum absolute atomic E-state index is 0.120. The Morgan fingerprint density at radius 1 is 1.13 bits per heavy atom. The SMILES string of the molecule is COC1CN(C(=O)OC(C)(C)C)CC1N(C)C(=O)c1ccc(-c2cnn(C)c2)cc1. The zero-order valence-corrected chi connectivity index (χ0v) is 18.5. The first kappa shape index (κ1) is 21.8. The van der Waals surface area contributed by atoms with Crippen LogP contribution in [0, 0.1) is 0 Å². The lowest BCUT2D eigenvalue weighted by molar-refractivity contribution is 0.0249. The van der Waals surface area contributed by atoms with Crippen LogP contribution in [-0.4, -0.2) is 76.6 Å². The van der Waals surface area contributed by atoms with E-state index in [0.717, 1.165) is 11.1 Å². The van der Waals surface area contributed by atoms with Gasteiger partial charge in [-0.05, 0) is 38.5 Å². The maximum Gasteiger partial charge on any atom is 0.410 e. The fourth-order valence-electron chi connectivity index (χ4n) is 3.57. The molecule has 1 fully saturated rings. The van der Waals surface area contributed by atoms with Crippen molar-refractivity contribution in [3.05, 3.63) is 42.2 Å². The van der Waals surface area contributed by atoms with Crippen LogP contribution in [0.2, 0.25) is 0 Å². The average molecular weight is 415 g/mol. The Hall–Kier alpha value is -2.87. The van der Waals surface area contributed by atoms with Crippen molar-refractivity contribution >= 4 is 12.0 Å². The lowest BCUT2D eigenvalue weighted by Crippen LogP contribution is -2.45. The summed E-state index contributed by atoms with van der Waals surface area (Å²) in [5.41, 5.74) is 1.99. The van der Waals surface area contributed by atoms with Crippen molar-refractivity contribution in [2.24, 2.45) is 7.05 Å². The van der Waals surface area contributed by atoms with E-state index >= 15 is 0 Å². The van der Waals surface area contributed by atoms with Gasteiger partial charge in [-0.25, -0.2) is 4.79 Å². The van der Waals surface area contributed by atoms with E-state index in [1.807, 2.05) is 58.3 Å². The maximum atomic E-state index is 13.1. The minimum atomic E-state index is -0.574. The number of benzene rings is 1. The minimum Gasteiger partial charge on any atom is -0.444 e. The van der Waals surface area contributed by atoms with Crippen LogP contribution in [0.15, 0.2) is 36.7 Å². The molecular formula is C22H30N4O4. The second-order valence-corrected chi connectivity index (χ2v) is 8.62. The van der Waals surface area contributed by atoms with Gasteiger partial charge >= 0.3 is 6.09 Å². The van der Waals surface area contributed by atoms with Gasteiger partial charge in [-0.3, -0.25) is 9.48 Å². The summed E-state index contributed by atoms with van der Waals surface area (Å²) in [7, 11) is 5.20. The summed E-state index contributed by atoms with van der Waals surface area (Å²) in [6.07, 6.45) is 3.04. The Balaban J connectivity index is 1.70. The summed E-state index contributed by atoms with van der Waals surface area (Å²) in [4.78, 5) is 28.8. The molecule has 162 valence electrons. The number of likely N-dealkylation sites (N-methyl/N-ethyl adjacent to an activating group) is 1. The van der Waals surface area contributed by atoms with E-state index in [1.54, 1.807) is 34.8 Å². The fraction of sp³-hybridized carbons (Fsp3) is 0.500. The number of likely N-dealkylation sites (tertiary alicyclic amines) is 1. The predicted molar refractivity (Wildman–Crippen MR) is 113 cm³/mol. The molecule has 8 heteroatoms. The summed E-state index contributed by atoms with van der Waals surface area (Å²) in [5, 5.41) is 4.18. The van der Waals surface area contributed by atoms with Crippen LogP contribution >= 0.6 is 0 Å². The molecule has 2 unspecified atom stereocenters. The van der Waals surface area contributed by atoms with Crippen LogP contribution in [-0.2, 0) is 16.5 Å². The van der Waals surface area contributed by atoms with E-state index in [2.05, 4.69) is 5.10 Å². The summed E-state index contributed by atoms with van der Waals surface area (Å²) < 4.78 is 12.8. The predicted octanol–water partition coefficient (Wildman–Crippen LogP) is 2.79. The molecule has 1 saturated heterocycles. The van der Waals surface area contributed by atoms with Gasteiger partial charge in [0.25, 0.3) is 5.91 Å². The third-order valence-corrected chi connectivity index (χ3v) is 5.18. The molecule has 2 amide bonds. The third kappa shape index (κ3) is 4.81. The number of nitrogens with zero attached hydrogens (tertiary/aromatic N) is 4. The number of hydrogen-bond donors (Lipinski definition) is 0. The number of aryl methyl sites for hydroxylation is 1. The van der Waals surface area contributed by atoms with Gasteiger partial charge in [0.15, 0.2) is 0 Å². The number of ether oxygens (including phenoxy) is 2. The van der Waals surface area contributed by atoms with Crippen LogP contribution in [0.4, 0.5) is 4.79 Å². The van der Waals surface area contributed by atoms with Gasteiger partial charge in [-0.2, -0.15) is 5.10 Å². The zero-order chi connectivity index (χ0) is 22.1. The summed E-state index contributed by atoms with van der Waals surface area (Å²) >= 11 is 0. The molecule has 1 aromatic heterocycles. The first-order chi connectivity index (χ1) is 14.1. The van der Waals surface area contributed by atoms with Crippen molar-refractivity contribution in [3.63, 3.8) is 0 Å². The highest BCUT2D eigenvalue weighted by molar-refractivity contribution is 5.95. The van der Waals surface area contributed by atoms with Gasteiger partial charge in [0.2, 0.25) is 0 Å². The highest BCUT2D eigenvalue weighted by Gasteiger charge is 2.41. The highest BCUT2D eigenvalue weighted by atomic mass is 16.6. The van der Waals surface area contributed by atoms with E-state index in [0.29, 0.717) is 18.7 Å². The summed E-state index contributed by atoms with van der Waals surface area (Å²) in [5.74, 6) is -0.120. The molecule has 0 bridgehead atoms. The monoisotopic (exact) mass is 414 g/mol. The lowest BCUT2D eigenvalue weighted by atomic mass is 10.1. The average Bonchev–Trinajstić information content (AvgIpc) is 3.32. The molecule has 30 heavy (non-hydrogen) atoms. The lowest BCUT2D eigenvalue weighted by Gasteiger charge is -2.28. The first-order valence-corrected chi connectivity index (χ1v) is 9.96. The summed E-state index contributed by atoms with van der Waals surface area (Å²) in [6, 6.07) is 7.18. The maximum absolute atomic E-state index is 13.1. The molecule has 1 aliphatic rings. The van der Waals surface area contributed by atoms with Gasteiger partial charge < -0.3 is 19.3 Å². The normalized spacial score (nSPS) is 19.1. The standard InChI is InChI=1S/C22H30N4O4/c1-22(2,3)30-21(28)26-13-18(19(14-26)29-6)25(5)20(27)16-9-7-15(8-10-16)17-11-23-24(4)12-17/h7-12,18-19H,13-14H2,1-6H3. The molecule has 8 nitrogen and oxygen atoms in total. The molecular weight excluding hydrogens is 384 g/mol. The molecule has 2 aromatic rings. The van der Waals surface area contributed by atoms with E-state index in [9.17, 15) is 9.59 Å². The molecule has 0 aliphatic carbocycles. The zero-order valence-electron chi connectivity index (χ0n) is 18.5. The van der Waals surface area contributed by atoms with Crippen LogP contribution in [0.1, 0.15) is 31.1 Å². The molecule has 1 aliphatic heterocycles. The molecule has 1 aromatic carbocycles. The second-order valence-electron chi connectivity index (χ2n) is 8.62. The number of methoxy groups -OCH3 is 1. The van der Waals surface area contributed by atoms with Gasteiger partial charge in [0, 0.05) is 45.1 Å². The Bertz CT molecular complexity index is 901. The highest BCUT2D eigenvalue weighted by Crippen LogP contribution is 2.23. The molecule has 0 radical (unpaired) electrons. The van der Waals surface area contributed by atoms with Gasteiger partial charge in [-0.15, -0.1) is 0 Å². The van der Waals surface area contributed by atoms with E-state index < -0.39 is 11.7 Å². The Morgan fingerprint density at radius 3 is 2.33 bits per heavy atom. The van der Waals surface area contributed by atoms with E-state index in [4.69, 9.17) is 9.47 Å². The van der Waals surface area contributed by atoms with Gasteiger partial charge in [0.1, 0.15) is 5.60 Å². The topological polar surface area (TPSA) is 76.9 Å². The van der Waals surface area contributed by atoms with Crippen LogP contribution < -0.4 is 0 Å². The van der Waals surface area contributed by atoms with Crippen LogP contribution in [0.25, 0.3) is 11.1 Å². The van der Waals surface area contributed by atoms with Crippen molar-refractivity contribution in [1.29, 1.82) is 0 Å². The van der Waals surface area contributed by atoms with Crippen LogP contribution in [0.3, 0.4) is 0 Å². The second kappa shape index (κ2) is 8.47. The number of amides is 2. The Kier molecular flexibility index (Phi) is 6.17. The molecule has 0 saturated carbocycles. The Morgan fingerprint density at radius 2 is 1.80 bits per heavy atom.